The van der Waals surface area contributed by atoms with E-state index in [1.54, 1.807) is 18.2 Å². The van der Waals surface area contributed by atoms with Gasteiger partial charge in [0.1, 0.15) is 17.4 Å². The van der Waals surface area contributed by atoms with Crippen LogP contribution in [0, 0.1) is 0 Å². The summed E-state index contributed by atoms with van der Waals surface area (Å²) in [5.74, 6) is -2.20. The number of hydrogen-bond donors (Lipinski definition) is 0. The Labute approximate surface area is 252 Å². The molecule has 0 unspecified atom stereocenters. The summed E-state index contributed by atoms with van der Waals surface area (Å²) >= 11 is 0. The Balaban J connectivity index is 1.53. The lowest BCUT2D eigenvalue weighted by Gasteiger charge is -2.19. The summed E-state index contributed by atoms with van der Waals surface area (Å²) < 4.78 is 39.7. The number of rotatable bonds is 12. The largest absolute Gasteiger partial charge is 0.494 e. The van der Waals surface area contributed by atoms with Crippen molar-refractivity contribution in [1.29, 1.82) is 0 Å². The van der Waals surface area contributed by atoms with E-state index in [-0.39, 0.29) is 41.8 Å². The third kappa shape index (κ3) is 7.66. The van der Waals surface area contributed by atoms with Gasteiger partial charge < -0.3 is 4.74 Å². The fourth-order valence-corrected chi connectivity index (χ4v) is 5.18. The van der Waals surface area contributed by atoms with Crippen molar-refractivity contribution in [3.05, 3.63) is 105 Å². The molecule has 0 saturated carbocycles. The zero-order valence-corrected chi connectivity index (χ0v) is 25.9. The lowest BCUT2D eigenvalue weighted by Crippen LogP contribution is -2.25. The predicted molar refractivity (Wildman–Crippen MR) is 166 cm³/mol. The van der Waals surface area contributed by atoms with Crippen LogP contribution >= 0.6 is 0 Å². The van der Waals surface area contributed by atoms with Crippen molar-refractivity contribution >= 4 is 5.78 Å². The summed E-state index contributed by atoms with van der Waals surface area (Å²) in [7, 11) is 0. The molecule has 0 bridgehead atoms. The van der Waals surface area contributed by atoms with Gasteiger partial charge in [-0.15, -0.1) is 0 Å². The first-order chi connectivity index (χ1) is 20.3. The van der Waals surface area contributed by atoms with Crippen molar-refractivity contribution < 1.29 is 18.3 Å². The highest BCUT2D eigenvalue weighted by atomic mass is 19.3. The van der Waals surface area contributed by atoms with Crippen LogP contribution in [0.2, 0.25) is 0 Å². The lowest BCUT2D eigenvalue weighted by molar-refractivity contribution is -0.116. The first kappa shape index (κ1) is 31.9. The molecule has 0 aliphatic heterocycles. The van der Waals surface area contributed by atoms with Crippen LogP contribution in [0.1, 0.15) is 76.0 Å². The van der Waals surface area contributed by atoms with E-state index in [9.17, 15) is 9.59 Å². The fraction of sp³-hybridized carbons (Fsp3) is 0.400. The van der Waals surface area contributed by atoms with Crippen LogP contribution in [0.5, 0.6) is 5.75 Å². The number of aryl methyl sites for hydroxylation is 1. The van der Waals surface area contributed by atoms with Gasteiger partial charge in [0.2, 0.25) is 0 Å². The molecule has 8 heteroatoms. The van der Waals surface area contributed by atoms with Gasteiger partial charge in [0.15, 0.2) is 0 Å². The maximum Gasteiger partial charge on any atom is 0.346 e. The number of aromatic nitrogens is 3. The number of halogens is 2. The molecule has 1 aromatic heterocycles. The molecular weight excluding hydrogens is 548 g/mol. The van der Waals surface area contributed by atoms with Gasteiger partial charge in [0.25, 0.3) is 5.92 Å². The number of carbonyl (C=O) groups excluding carboxylic acids is 1. The molecule has 6 nitrogen and oxygen atoms in total. The average Bonchev–Trinajstić information content (AvgIpc) is 3.26. The van der Waals surface area contributed by atoms with Gasteiger partial charge in [-0.1, -0.05) is 69.3 Å². The van der Waals surface area contributed by atoms with Gasteiger partial charge in [-0.3, -0.25) is 9.36 Å². The highest BCUT2D eigenvalue weighted by Gasteiger charge is 2.32. The van der Waals surface area contributed by atoms with Crippen LogP contribution in [0.15, 0.2) is 71.5 Å². The second kappa shape index (κ2) is 13.1. The zero-order chi connectivity index (χ0) is 31.4. The van der Waals surface area contributed by atoms with Crippen molar-refractivity contribution in [3.63, 3.8) is 0 Å². The maximum absolute atomic E-state index is 15.6. The number of hydrogen-bond acceptors (Lipinski definition) is 4. The van der Waals surface area contributed by atoms with E-state index in [0.717, 1.165) is 16.7 Å². The van der Waals surface area contributed by atoms with Crippen molar-refractivity contribution in [2.24, 2.45) is 0 Å². The highest BCUT2D eigenvalue weighted by molar-refractivity contribution is 5.80. The Morgan fingerprint density at radius 2 is 1.63 bits per heavy atom. The van der Waals surface area contributed by atoms with Gasteiger partial charge in [-0.2, -0.15) is 5.10 Å². The summed E-state index contributed by atoms with van der Waals surface area (Å²) in [6.45, 7) is 12.7. The molecule has 0 radical (unpaired) electrons. The van der Waals surface area contributed by atoms with E-state index >= 15 is 8.78 Å². The number of ether oxygens (including phenoxy) is 1. The van der Waals surface area contributed by atoms with Crippen LogP contribution in [-0.4, -0.2) is 26.7 Å². The van der Waals surface area contributed by atoms with Gasteiger partial charge >= 0.3 is 5.69 Å². The normalized spacial score (nSPS) is 12.0. The number of ketones is 1. The maximum atomic E-state index is 15.6. The summed E-state index contributed by atoms with van der Waals surface area (Å²) in [4.78, 5) is 24.9. The lowest BCUT2D eigenvalue weighted by atomic mass is 9.87. The van der Waals surface area contributed by atoms with Crippen molar-refractivity contribution in [2.45, 2.75) is 85.2 Å². The average molecular weight is 590 g/mol. The second-order valence-electron chi connectivity index (χ2n) is 12.0. The molecule has 4 rings (SSSR count). The topological polar surface area (TPSA) is 66.1 Å². The molecule has 1 heterocycles. The number of benzene rings is 3. The van der Waals surface area contributed by atoms with Crippen molar-refractivity contribution in [3.8, 4) is 16.9 Å². The van der Waals surface area contributed by atoms with E-state index < -0.39 is 12.3 Å². The molecule has 0 amide bonds. The molecule has 0 spiro atoms. The molecule has 43 heavy (non-hydrogen) atoms. The van der Waals surface area contributed by atoms with E-state index in [1.807, 2.05) is 50.2 Å². The first-order valence-electron chi connectivity index (χ1n) is 14.8. The van der Waals surface area contributed by atoms with Gasteiger partial charge in [-0.05, 0) is 66.6 Å². The van der Waals surface area contributed by atoms with E-state index in [1.165, 1.54) is 33.9 Å². The molecule has 0 saturated heterocycles. The summed E-state index contributed by atoms with van der Waals surface area (Å²) in [6, 6.07) is 19.8. The van der Waals surface area contributed by atoms with Crippen LogP contribution < -0.4 is 10.4 Å². The molecule has 0 aliphatic rings. The molecule has 0 fully saturated rings. The van der Waals surface area contributed by atoms with Crippen LogP contribution in [-0.2, 0) is 42.1 Å². The summed E-state index contributed by atoms with van der Waals surface area (Å²) in [6.07, 6.45) is -0.346. The minimum Gasteiger partial charge on any atom is -0.494 e. The summed E-state index contributed by atoms with van der Waals surface area (Å²) in [5.41, 5.74) is 3.78. The Kier molecular flexibility index (Phi) is 9.68. The second-order valence-corrected chi connectivity index (χ2v) is 12.0. The van der Waals surface area contributed by atoms with Gasteiger partial charge in [0, 0.05) is 36.9 Å². The number of carbonyl (C=O) groups is 1. The molecule has 3 aromatic carbocycles. The Bertz CT molecular complexity index is 1630. The van der Waals surface area contributed by atoms with Crippen LogP contribution in [0.3, 0.4) is 0 Å². The van der Waals surface area contributed by atoms with Crippen molar-refractivity contribution in [2.75, 3.05) is 6.61 Å². The standard InChI is InChI=1S/C35H41F2N3O3/c1-7-39-32(38-40(33(39)42)23-25-12-15-29(16-13-25)34(4,5)6)18-19-35(36,37)30-11-9-10-26(22-30)27-14-17-31(43-8-2)28(21-27)20-24(3)41/h9-17,21-22H,7-8,18-20,23H2,1-6H3. The third-order valence-corrected chi connectivity index (χ3v) is 7.55. The SMILES string of the molecule is CCOc1ccc(-c2cccc(C(F)(F)CCc3nn(Cc4ccc(C(C)(C)C)cc4)c(=O)n3CC)c2)cc1CC(C)=O. The van der Waals surface area contributed by atoms with E-state index in [2.05, 4.69) is 25.9 Å². The number of alkyl halides is 2. The Hall–Kier alpha value is -4.07. The third-order valence-electron chi connectivity index (χ3n) is 7.55. The van der Waals surface area contributed by atoms with Crippen molar-refractivity contribution in [1.82, 2.24) is 14.3 Å². The van der Waals surface area contributed by atoms with E-state index in [0.29, 0.717) is 30.3 Å². The molecule has 228 valence electrons. The zero-order valence-electron chi connectivity index (χ0n) is 25.9. The highest BCUT2D eigenvalue weighted by Crippen LogP contribution is 2.36. The quantitative estimate of drug-likeness (QED) is 0.174. The van der Waals surface area contributed by atoms with Crippen LogP contribution in [0.4, 0.5) is 8.78 Å². The molecule has 0 atom stereocenters. The summed E-state index contributed by atoms with van der Waals surface area (Å²) in [5, 5.41) is 4.46. The van der Waals surface area contributed by atoms with Crippen LogP contribution in [0.25, 0.3) is 11.1 Å². The number of nitrogens with zero attached hydrogens (tertiary/aromatic N) is 3. The van der Waals surface area contributed by atoms with E-state index in [4.69, 9.17) is 4.74 Å². The van der Waals surface area contributed by atoms with Gasteiger partial charge in [-0.25, -0.2) is 18.3 Å². The molecule has 4 aromatic rings. The molecular formula is C35H41F2N3O3. The predicted octanol–water partition coefficient (Wildman–Crippen LogP) is 7.33. The molecule has 0 aliphatic carbocycles. The molecule has 0 N–H and O–H groups in total. The monoisotopic (exact) mass is 589 g/mol. The smallest absolute Gasteiger partial charge is 0.346 e. The Morgan fingerprint density at radius 1 is 0.930 bits per heavy atom. The first-order valence-corrected chi connectivity index (χ1v) is 14.8. The van der Waals surface area contributed by atoms with Gasteiger partial charge in [0.05, 0.1) is 13.2 Å². The number of Topliss-reactive ketones (excluding diaryl/α,β-unsaturated/α-hetero) is 1. The minimum atomic E-state index is -3.15. The fourth-order valence-electron chi connectivity index (χ4n) is 5.18. The minimum absolute atomic E-state index is 0.00942. The Morgan fingerprint density at radius 3 is 2.26 bits per heavy atom.